The smallest absolute Gasteiger partial charge is 0.184 e. The zero-order chi connectivity index (χ0) is 15.4. The van der Waals surface area contributed by atoms with Gasteiger partial charge in [-0.2, -0.15) is 0 Å². The van der Waals surface area contributed by atoms with Crippen LogP contribution in [0.4, 0.5) is 14.5 Å². The molecular formula is C14H13BrF2N2O2. The lowest BCUT2D eigenvalue weighted by atomic mass is 10.2. The van der Waals surface area contributed by atoms with Gasteiger partial charge in [-0.05, 0) is 22.0 Å². The van der Waals surface area contributed by atoms with E-state index >= 15 is 0 Å². The summed E-state index contributed by atoms with van der Waals surface area (Å²) in [5.74, 6) is -0.341. The molecule has 0 amide bonds. The van der Waals surface area contributed by atoms with E-state index in [1.54, 1.807) is 12.3 Å². The molecule has 4 nitrogen and oxygen atoms in total. The van der Waals surface area contributed by atoms with Crippen molar-refractivity contribution in [2.75, 3.05) is 19.5 Å². The number of pyridine rings is 1. The Balaban J connectivity index is 2.22. The van der Waals surface area contributed by atoms with E-state index in [1.165, 1.54) is 20.3 Å². The van der Waals surface area contributed by atoms with Crippen LogP contribution in [0.2, 0.25) is 0 Å². The maximum absolute atomic E-state index is 13.7. The topological polar surface area (TPSA) is 43.4 Å². The Morgan fingerprint density at radius 2 is 1.95 bits per heavy atom. The SMILES string of the molecule is COc1ccnc(CNc2cc(Br)c(F)cc2F)c1OC. The van der Waals surface area contributed by atoms with Crippen molar-refractivity contribution in [2.45, 2.75) is 6.54 Å². The van der Waals surface area contributed by atoms with Gasteiger partial charge >= 0.3 is 0 Å². The molecule has 7 heteroatoms. The molecule has 0 radical (unpaired) electrons. The average molecular weight is 359 g/mol. The van der Waals surface area contributed by atoms with E-state index in [-0.39, 0.29) is 16.7 Å². The maximum Gasteiger partial charge on any atom is 0.184 e. The van der Waals surface area contributed by atoms with E-state index in [1.807, 2.05) is 0 Å². The number of hydrogen-bond acceptors (Lipinski definition) is 4. The number of ether oxygens (including phenoxy) is 2. The molecule has 0 saturated heterocycles. The highest BCUT2D eigenvalue weighted by molar-refractivity contribution is 9.10. The molecule has 0 aliphatic rings. The summed E-state index contributed by atoms with van der Waals surface area (Å²) in [6.45, 7) is 0.204. The summed E-state index contributed by atoms with van der Waals surface area (Å²) in [4.78, 5) is 4.17. The van der Waals surface area contributed by atoms with Gasteiger partial charge in [-0.15, -0.1) is 0 Å². The van der Waals surface area contributed by atoms with Crippen molar-refractivity contribution in [3.63, 3.8) is 0 Å². The second-order valence-electron chi connectivity index (χ2n) is 4.09. The molecule has 1 N–H and O–H groups in total. The van der Waals surface area contributed by atoms with Crippen LogP contribution in [0.5, 0.6) is 11.5 Å². The summed E-state index contributed by atoms with van der Waals surface area (Å²) in [5, 5.41) is 2.85. The number of aromatic nitrogens is 1. The highest BCUT2D eigenvalue weighted by atomic mass is 79.9. The summed E-state index contributed by atoms with van der Waals surface area (Å²) in [5.41, 5.74) is 0.714. The minimum absolute atomic E-state index is 0.162. The van der Waals surface area contributed by atoms with E-state index in [9.17, 15) is 8.78 Å². The van der Waals surface area contributed by atoms with Crippen molar-refractivity contribution in [3.8, 4) is 11.5 Å². The minimum Gasteiger partial charge on any atom is -0.493 e. The Morgan fingerprint density at radius 1 is 1.19 bits per heavy atom. The van der Waals surface area contributed by atoms with Crippen LogP contribution in [-0.2, 0) is 6.54 Å². The number of methoxy groups -OCH3 is 2. The molecule has 0 bridgehead atoms. The van der Waals surface area contributed by atoms with Gasteiger partial charge in [0.15, 0.2) is 11.5 Å². The van der Waals surface area contributed by atoms with Crippen LogP contribution in [-0.4, -0.2) is 19.2 Å². The molecule has 0 aliphatic heterocycles. The Hall–Kier alpha value is -1.89. The van der Waals surface area contributed by atoms with Crippen molar-refractivity contribution >= 4 is 21.6 Å². The Kier molecular flexibility index (Phi) is 4.95. The Bertz CT molecular complexity index is 653. The van der Waals surface area contributed by atoms with Crippen LogP contribution in [0.15, 0.2) is 28.9 Å². The molecule has 1 heterocycles. The Labute approximate surface area is 129 Å². The summed E-state index contributed by atoms with van der Waals surface area (Å²) < 4.78 is 37.4. The monoisotopic (exact) mass is 358 g/mol. The summed E-state index contributed by atoms with van der Waals surface area (Å²) in [6, 6.07) is 3.80. The normalized spacial score (nSPS) is 10.3. The van der Waals surface area contributed by atoms with Crippen molar-refractivity contribution in [2.24, 2.45) is 0 Å². The van der Waals surface area contributed by atoms with Crippen molar-refractivity contribution < 1.29 is 18.3 Å². The first-order valence-electron chi connectivity index (χ1n) is 6.01. The quantitative estimate of drug-likeness (QED) is 0.826. The number of rotatable bonds is 5. The molecule has 0 saturated carbocycles. The van der Waals surface area contributed by atoms with E-state index in [0.717, 1.165) is 6.07 Å². The molecule has 1 aromatic heterocycles. The molecule has 0 atom stereocenters. The lowest BCUT2D eigenvalue weighted by Gasteiger charge is -2.13. The third kappa shape index (κ3) is 3.41. The molecule has 0 aliphatic carbocycles. The third-order valence-corrected chi connectivity index (χ3v) is 3.43. The van der Waals surface area contributed by atoms with Crippen molar-refractivity contribution in [1.82, 2.24) is 4.98 Å². The predicted octanol–water partition coefficient (Wildman–Crippen LogP) is 3.75. The van der Waals surface area contributed by atoms with E-state index in [2.05, 4.69) is 26.2 Å². The molecule has 0 fully saturated rings. The first kappa shape index (κ1) is 15.5. The zero-order valence-electron chi connectivity index (χ0n) is 11.4. The molecule has 112 valence electrons. The fraction of sp³-hybridized carbons (Fsp3) is 0.214. The van der Waals surface area contributed by atoms with Crippen LogP contribution in [0.25, 0.3) is 0 Å². The largest absolute Gasteiger partial charge is 0.493 e. The molecule has 2 rings (SSSR count). The zero-order valence-corrected chi connectivity index (χ0v) is 13.0. The first-order chi connectivity index (χ1) is 10.1. The van der Waals surface area contributed by atoms with Crippen LogP contribution < -0.4 is 14.8 Å². The van der Waals surface area contributed by atoms with E-state index in [4.69, 9.17) is 9.47 Å². The second-order valence-corrected chi connectivity index (χ2v) is 4.95. The number of benzene rings is 1. The molecular weight excluding hydrogens is 346 g/mol. The van der Waals surface area contributed by atoms with Crippen molar-refractivity contribution in [3.05, 3.63) is 46.2 Å². The molecule has 1 aromatic carbocycles. The first-order valence-corrected chi connectivity index (χ1v) is 6.80. The van der Waals surface area contributed by atoms with Crippen LogP contribution >= 0.6 is 15.9 Å². The highest BCUT2D eigenvalue weighted by Crippen LogP contribution is 2.30. The highest BCUT2D eigenvalue weighted by Gasteiger charge is 2.13. The second kappa shape index (κ2) is 6.71. The fourth-order valence-electron chi connectivity index (χ4n) is 1.81. The minimum atomic E-state index is -0.683. The van der Waals surface area contributed by atoms with Crippen LogP contribution in [0.3, 0.4) is 0 Å². The summed E-state index contributed by atoms with van der Waals surface area (Å²) in [6.07, 6.45) is 1.56. The molecule has 0 spiro atoms. The molecule has 2 aromatic rings. The summed E-state index contributed by atoms with van der Waals surface area (Å²) in [7, 11) is 3.02. The van der Waals surface area contributed by atoms with Crippen LogP contribution in [0, 0.1) is 11.6 Å². The van der Waals surface area contributed by atoms with Gasteiger partial charge in [0.05, 0.1) is 30.9 Å². The summed E-state index contributed by atoms with van der Waals surface area (Å²) >= 11 is 3.02. The van der Waals surface area contributed by atoms with E-state index in [0.29, 0.717) is 17.2 Å². The number of hydrogen-bond donors (Lipinski definition) is 1. The number of anilines is 1. The average Bonchev–Trinajstić information content (AvgIpc) is 2.49. The number of halogens is 3. The number of nitrogens with zero attached hydrogens (tertiary/aromatic N) is 1. The molecule has 21 heavy (non-hydrogen) atoms. The van der Waals surface area contributed by atoms with Crippen LogP contribution in [0.1, 0.15) is 5.69 Å². The Morgan fingerprint density at radius 3 is 2.62 bits per heavy atom. The van der Waals surface area contributed by atoms with Gasteiger partial charge in [-0.1, -0.05) is 0 Å². The standard InChI is InChI=1S/C14H13BrF2N2O2/c1-20-13-3-4-18-12(14(13)21-2)7-19-11-5-8(15)9(16)6-10(11)17/h3-6,19H,7H2,1-2H3. The predicted molar refractivity (Wildman–Crippen MR) is 78.7 cm³/mol. The van der Waals surface area contributed by atoms with Gasteiger partial charge in [-0.3, -0.25) is 4.98 Å². The van der Waals surface area contributed by atoms with Gasteiger partial charge < -0.3 is 14.8 Å². The van der Waals surface area contributed by atoms with Gasteiger partial charge in [0, 0.05) is 18.3 Å². The van der Waals surface area contributed by atoms with Crippen molar-refractivity contribution in [1.29, 1.82) is 0 Å². The maximum atomic E-state index is 13.7. The number of nitrogens with one attached hydrogen (secondary N) is 1. The van der Waals surface area contributed by atoms with Gasteiger partial charge in [0.25, 0.3) is 0 Å². The fourth-order valence-corrected chi connectivity index (χ4v) is 2.16. The van der Waals surface area contributed by atoms with Gasteiger partial charge in [-0.25, -0.2) is 8.78 Å². The van der Waals surface area contributed by atoms with Gasteiger partial charge in [0.2, 0.25) is 0 Å². The lowest BCUT2D eigenvalue weighted by Crippen LogP contribution is -2.06. The lowest BCUT2D eigenvalue weighted by molar-refractivity contribution is 0.350. The van der Waals surface area contributed by atoms with Gasteiger partial charge in [0.1, 0.15) is 17.3 Å². The molecule has 0 unspecified atom stereocenters. The van der Waals surface area contributed by atoms with E-state index < -0.39 is 11.6 Å². The third-order valence-electron chi connectivity index (χ3n) is 2.82.